The van der Waals surface area contributed by atoms with Gasteiger partial charge in [0.25, 0.3) is 5.91 Å². The Labute approximate surface area is 127 Å². The molecule has 0 saturated carbocycles. The van der Waals surface area contributed by atoms with Crippen LogP contribution in [0.15, 0.2) is 47.6 Å². The van der Waals surface area contributed by atoms with Gasteiger partial charge in [0.2, 0.25) is 0 Å². The molecular weight excluding hydrogens is 284 g/mol. The topological polar surface area (TPSA) is 91.2 Å². The van der Waals surface area contributed by atoms with Crippen LogP contribution >= 0.6 is 0 Å². The van der Waals surface area contributed by atoms with E-state index in [1.807, 2.05) is 0 Å². The second kappa shape index (κ2) is 6.62. The van der Waals surface area contributed by atoms with Crippen molar-refractivity contribution in [3.05, 3.63) is 53.6 Å². The number of para-hydroxylation sites is 1. The van der Waals surface area contributed by atoms with Crippen LogP contribution in [-0.2, 0) is 0 Å². The SMILES string of the molecule is COc1cc(/C(C)=N/NC(=O)c2ccccc2O)ccc1O. The van der Waals surface area contributed by atoms with E-state index in [0.29, 0.717) is 17.0 Å². The van der Waals surface area contributed by atoms with Crippen molar-refractivity contribution in [2.75, 3.05) is 7.11 Å². The maximum Gasteiger partial charge on any atom is 0.275 e. The number of ether oxygens (including phenoxy) is 1. The lowest BCUT2D eigenvalue weighted by atomic mass is 10.1. The molecule has 6 heteroatoms. The first-order valence-electron chi connectivity index (χ1n) is 6.53. The summed E-state index contributed by atoms with van der Waals surface area (Å²) in [5, 5.41) is 23.1. The van der Waals surface area contributed by atoms with Crippen LogP contribution in [0.5, 0.6) is 17.2 Å². The van der Waals surface area contributed by atoms with Crippen LogP contribution in [0.3, 0.4) is 0 Å². The number of rotatable bonds is 4. The summed E-state index contributed by atoms with van der Waals surface area (Å²) in [6.45, 7) is 1.71. The zero-order valence-electron chi connectivity index (χ0n) is 12.2. The van der Waals surface area contributed by atoms with E-state index in [0.717, 1.165) is 0 Å². The Morgan fingerprint density at radius 2 is 1.86 bits per heavy atom. The summed E-state index contributed by atoms with van der Waals surface area (Å²) >= 11 is 0. The Kier molecular flexibility index (Phi) is 4.63. The largest absolute Gasteiger partial charge is 0.507 e. The molecule has 2 aromatic rings. The molecule has 22 heavy (non-hydrogen) atoms. The van der Waals surface area contributed by atoms with Crippen LogP contribution in [0.4, 0.5) is 0 Å². The molecule has 0 radical (unpaired) electrons. The van der Waals surface area contributed by atoms with Crippen molar-refractivity contribution in [1.29, 1.82) is 0 Å². The highest BCUT2D eigenvalue weighted by atomic mass is 16.5. The number of nitrogens with zero attached hydrogens (tertiary/aromatic N) is 1. The van der Waals surface area contributed by atoms with Gasteiger partial charge in [-0.05, 0) is 37.3 Å². The van der Waals surface area contributed by atoms with Gasteiger partial charge < -0.3 is 14.9 Å². The Morgan fingerprint density at radius 1 is 1.14 bits per heavy atom. The molecule has 2 rings (SSSR count). The molecule has 0 spiro atoms. The Morgan fingerprint density at radius 3 is 2.55 bits per heavy atom. The van der Waals surface area contributed by atoms with Crippen molar-refractivity contribution in [2.24, 2.45) is 5.10 Å². The molecule has 0 aliphatic rings. The van der Waals surface area contributed by atoms with Crippen LogP contribution in [-0.4, -0.2) is 28.9 Å². The number of amides is 1. The van der Waals surface area contributed by atoms with Crippen LogP contribution in [0, 0.1) is 0 Å². The number of hydrogen-bond acceptors (Lipinski definition) is 5. The number of phenols is 2. The number of carbonyl (C=O) groups excluding carboxylic acids is 1. The van der Waals surface area contributed by atoms with E-state index in [-0.39, 0.29) is 17.1 Å². The van der Waals surface area contributed by atoms with Gasteiger partial charge in [-0.1, -0.05) is 12.1 Å². The molecule has 0 aliphatic heterocycles. The minimum Gasteiger partial charge on any atom is -0.507 e. The smallest absolute Gasteiger partial charge is 0.275 e. The first-order valence-corrected chi connectivity index (χ1v) is 6.53. The van der Waals surface area contributed by atoms with E-state index in [2.05, 4.69) is 10.5 Å². The van der Waals surface area contributed by atoms with Gasteiger partial charge in [0, 0.05) is 5.56 Å². The zero-order chi connectivity index (χ0) is 16.1. The highest BCUT2D eigenvalue weighted by molar-refractivity contribution is 6.01. The molecule has 0 aromatic heterocycles. The standard InChI is InChI=1S/C16H16N2O4/c1-10(11-7-8-14(20)15(9-11)22-2)17-18-16(21)12-5-3-4-6-13(12)19/h3-9,19-20H,1-2H3,(H,18,21)/b17-10+. The molecule has 0 heterocycles. The predicted molar refractivity (Wildman–Crippen MR) is 82.4 cm³/mol. The van der Waals surface area contributed by atoms with Gasteiger partial charge in [-0.3, -0.25) is 4.79 Å². The Hall–Kier alpha value is -3.02. The molecular formula is C16H16N2O4. The zero-order valence-corrected chi connectivity index (χ0v) is 12.2. The maximum absolute atomic E-state index is 11.9. The third-order valence-electron chi connectivity index (χ3n) is 3.07. The van der Waals surface area contributed by atoms with E-state index >= 15 is 0 Å². The molecule has 6 nitrogen and oxygen atoms in total. The van der Waals surface area contributed by atoms with Gasteiger partial charge in [-0.2, -0.15) is 5.10 Å². The third kappa shape index (κ3) is 3.35. The van der Waals surface area contributed by atoms with Crippen molar-refractivity contribution in [3.8, 4) is 17.2 Å². The number of hydrazone groups is 1. The predicted octanol–water partition coefficient (Wildman–Crippen LogP) is 2.26. The minimum atomic E-state index is -0.511. The number of carbonyl (C=O) groups is 1. The van der Waals surface area contributed by atoms with Gasteiger partial charge in [-0.15, -0.1) is 0 Å². The van der Waals surface area contributed by atoms with Crippen molar-refractivity contribution in [3.63, 3.8) is 0 Å². The third-order valence-corrected chi connectivity index (χ3v) is 3.07. The summed E-state index contributed by atoms with van der Waals surface area (Å²) < 4.78 is 5.02. The summed E-state index contributed by atoms with van der Waals surface area (Å²) in [4.78, 5) is 11.9. The highest BCUT2D eigenvalue weighted by Crippen LogP contribution is 2.26. The first kappa shape index (κ1) is 15.4. The molecule has 0 fully saturated rings. The van der Waals surface area contributed by atoms with Crippen molar-refractivity contribution in [2.45, 2.75) is 6.92 Å². The van der Waals surface area contributed by atoms with Gasteiger partial charge in [0.05, 0.1) is 18.4 Å². The van der Waals surface area contributed by atoms with E-state index in [1.54, 1.807) is 31.2 Å². The monoisotopic (exact) mass is 300 g/mol. The number of nitrogens with one attached hydrogen (secondary N) is 1. The maximum atomic E-state index is 11.9. The number of hydrogen-bond donors (Lipinski definition) is 3. The van der Waals surface area contributed by atoms with Crippen molar-refractivity contribution >= 4 is 11.6 Å². The lowest BCUT2D eigenvalue weighted by molar-refractivity contribution is 0.0952. The van der Waals surface area contributed by atoms with Gasteiger partial charge in [0.1, 0.15) is 5.75 Å². The van der Waals surface area contributed by atoms with Crippen LogP contribution in [0.25, 0.3) is 0 Å². The van der Waals surface area contributed by atoms with Gasteiger partial charge in [-0.25, -0.2) is 5.43 Å². The van der Waals surface area contributed by atoms with Crippen LogP contribution in [0.1, 0.15) is 22.8 Å². The molecule has 0 bridgehead atoms. The van der Waals surface area contributed by atoms with Crippen LogP contribution in [0.2, 0.25) is 0 Å². The Balaban J connectivity index is 2.16. The Bertz CT molecular complexity index is 726. The van der Waals surface area contributed by atoms with Crippen molar-refractivity contribution < 1.29 is 19.7 Å². The summed E-state index contributed by atoms with van der Waals surface area (Å²) in [6.07, 6.45) is 0. The fourth-order valence-electron chi connectivity index (χ4n) is 1.83. The van der Waals surface area contributed by atoms with E-state index in [1.165, 1.54) is 25.3 Å². The normalized spacial score (nSPS) is 11.1. The quantitative estimate of drug-likeness (QED) is 0.596. The highest BCUT2D eigenvalue weighted by Gasteiger charge is 2.10. The summed E-state index contributed by atoms with van der Waals surface area (Å²) in [6, 6.07) is 11.0. The second-order valence-corrected chi connectivity index (χ2v) is 4.54. The molecule has 0 aliphatic carbocycles. The fraction of sp³-hybridized carbons (Fsp3) is 0.125. The number of aromatic hydroxyl groups is 2. The number of methoxy groups -OCH3 is 1. The number of phenolic OH excluding ortho intramolecular Hbond substituents is 2. The lowest BCUT2D eigenvalue weighted by Crippen LogP contribution is -2.19. The van der Waals surface area contributed by atoms with Crippen LogP contribution < -0.4 is 10.2 Å². The molecule has 114 valence electrons. The summed E-state index contributed by atoms with van der Waals surface area (Å²) in [7, 11) is 1.45. The lowest BCUT2D eigenvalue weighted by Gasteiger charge is -2.07. The molecule has 0 atom stereocenters. The average molecular weight is 300 g/mol. The summed E-state index contributed by atoms with van der Waals surface area (Å²) in [5.74, 6) is -0.279. The van der Waals surface area contributed by atoms with Crippen molar-refractivity contribution in [1.82, 2.24) is 5.43 Å². The minimum absolute atomic E-state index is 0.0253. The van der Waals surface area contributed by atoms with E-state index in [9.17, 15) is 15.0 Å². The van der Waals surface area contributed by atoms with E-state index < -0.39 is 5.91 Å². The molecule has 1 amide bonds. The molecule has 2 aromatic carbocycles. The molecule has 3 N–H and O–H groups in total. The second-order valence-electron chi connectivity index (χ2n) is 4.54. The van der Waals surface area contributed by atoms with E-state index in [4.69, 9.17) is 4.74 Å². The fourth-order valence-corrected chi connectivity index (χ4v) is 1.83. The number of benzene rings is 2. The van der Waals surface area contributed by atoms with Gasteiger partial charge in [0.15, 0.2) is 11.5 Å². The summed E-state index contributed by atoms with van der Waals surface area (Å²) in [5.41, 5.74) is 3.73. The molecule has 0 unspecified atom stereocenters. The first-order chi connectivity index (χ1) is 10.5. The molecule has 0 saturated heterocycles. The average Bonchev–Trinajstić information content (AvgIpc) is 2.53. The van der Waals surface area contributed by atoms with Gasteiger partial charge >= 0.3 is 0 Å².